The van der Waals surface area contributed by atoms with E-state index in [0.29, 0.717) is 31.1 Å². The maximum absolute atomic E-state index is 12.9. The molecule has 0 heterocycles. The van der Waals surface area contributed by atoms with Gasteiger partial charge >= 0.3 is 0 Å². The first-order valence-electron chi connectivity index (χ1n) is 19.9. The van der Waals surface area contributed by atoms with Crippen molar-refractivity contribution < 1.29 is 22.8 Å². The second-order valence-corrected chi connectivity index (χ2v) is 21.8. The van der Waals surface area contributed by atoms with Gasteiger partial charge in [-0.15, -0.1) is 35.3 Å². The molecule has 0 aromatic heterocycles. The van der Waals surface area contributed by atoms with Crippen LogP contribution in [0.1, 0.15) is 44.9 Å². The zero-order valence-corrected chi connectivity index (χ0v) is 41.2. The standard InChI is InChI=1S/C24H27N3O3S3.C22H24N2O2S4.CH4/c1-17(32-24(31)18-9-5-4-6-10-18)23(28)25-15-16-26-33(29,30)22-14-8-11-19-20(22)12-7-13-21(19)27(2)3;1-15(29-21(27)17-9-5-3-6-10-17)19(25)23-13-14-24-20(26)16(2)30-22(28)18-11-7-4-8-12-18;/h4-14,17,26H,15-16H2,1-3H3,(H,25,28);3-12,15-16H,13-14H2,1-2H3,(H,23,25)(H,24,26);1H4. The molecule has 0 aliphatic heterocycles. The lowest BCUT2D eigenvalue weighted by Crippen LogP contribution is -2.40. The third-order valence-corrected chi connectivity index (χ3v) is 15.2. The largest absolute Gasteiger partial charge is 0.377 e. The van der Waals surface area contributed by atoms with Gasteiger partial charge in [0.2, 0.25) is 27.7 Å². The van der Waals surface area contributed by atoms with Gasteiger partial charge in [0.05, 0.1) is 33.2 Å². The first-order valence-corrected chi connectivity index (χ1v) is 25.2. The highest BCUT2D eigenvalue weighted by Gasteiger charge is 2.21. The van der Waals surface area contributed by atoms with E-state index in [-0.39, 0.29) is 53.6 Å². The molecule has 3 unspecified atom stereocenters. The number of fused-ring (bicyclic) bond motifs is 1. The van der Waals surface area contributed by atoms with Crippen molar-refractivity contribution in [1.29, 1.82) is 0 Å². The van der Waals surface area contributed by atoms with Crippen LogP contribution in [-0.2, 0) is 24.4 Å². The molecule has 340 valence electrons. The predicted octanol–water partition coefficient (Wildman–Crippen LogP) is 8.65. The number of nitrogens with one attached hydrogen (secondary N) is 4. The number of carbonyl (C=O) groups is 3. The number of nitrogens with zero attached hydrogens (tertiary/aromatic N) is 1. The van der Waals surface area contributed by atoms with Crippen LogP contribution in [-0.4, -0.2) is 94.8 Å². The Balaban J connectivity index is 0.000000337. The molecule has 0 bridgehead atoms. The SMILES string of the molecule is C.CC(SC(=S)c1ccccc1)C(=O)NCCNC(=O)C(C)SC(=S)c1ccccc1.CC(SC(=S)c1ccccc1)C(=O)NCCNS(=O)(=O)c1cccc2c(N(C)C)cccc12. The molecule has 0 aliphatic rings. The molecule has 3 amide bonds. The average Bonchev–Trinajstić information content (AvgIpc) is 3.29. The van der Waals surface area contributed by atoms with Gasteiger partial charge in [-0.2, -0.15) is 0 Å². The van der Waals surface area contributed by atoms with Crippen molar-refractivity contribution in [1.82, 2.24) is 20.7 Å². The number of amides is 3. The Morgan fingerprint density at radius 3 is 1.23 bits per heavy atom. The maximum atomic E-state index is 12.9. The summed E-state index contributed by atoms with van der Waals surface area (Å²) >= 11 is 20.2. The number of carbonyl (C=O) groups excluding carboxylic acids is 3. The number of thioether (sulfide) groups is 3. The number of rotatable bonds is 18. The number of hydrogen-bond acceptors (Lipinski definition) is 12. The summed E-state index contributed by atoms with van der Waals surface area (Å²) < 4.78 is 30.5. The van der Waals surface area contributed by atoms with Crippen LogP contribution in [0.5, 0.6) is 0 Å². The van der Waals surface area contributed by atoms with E-state index in [4.69, 9.17) is 36.7 Å². The van der Waals surface area contributed by atoms with Crippen LogP contribution in [0.3, 0.4) is 0 Å². The van der Waals surface area contributed by atoms with Crippen molar-refractivity contribution in [3.05, 3.63) is 144 Å². The van der Waals surface area contributed by atoms with Gasteiger partial charge in [-0.25, -0.2) is 13.1 Å². The van der Waals surface area contributed by atoms with E-state index >= 15 is 0 Å². The van der Waals surface area contributed by atoms with Crippen LogP contribution in [0, 0.1) is 0 Å². The fourth-order valence-corrected chi connectivity index (χ4v) is 11.0. The van der Waals surface area contributed by atoms with Crippen LogP contribution < -0.4 is 25.6 Å². The molecular weight excluding hydrogens is 939 g/mol. The zero-order valence-electron chi connectivity index (χ0n) is 35.5. The highest BCUT2D eigenvalue weighted by Crippen LogP contribution is 2.30. The molecule has 3 atom stereocenters. The minimum Gasteiger partial charge on any atom is -0.377 e. The first kappa shape index (κ1) is 54.1. The van der Waals surface area contributed by atoms with E-state index in [9.17, 15) is 22.8 Å². The van der Waals surface area contributed by atoms with E-state index in [0.717, 1.165) is 27.8 Å². The van der Waals surface area contributed by atoms with E-state index in [1.165, 1.54) is 35.3 Å². The summed E-state index contributed by atoms with van der Waals surface area (Å²) in [7, 11) is 0.0903. The molecule has 4 N–H and O–H groups in total. The van der Waals surface area contributed by atoms with Gasteiger partial charge < -0.3 is 20.9 Å². The number of hydrogen-bond donors (Lipinski definition) is 4. The van der Waals surface area contributed by atoms with Crippen molar-refractivity contribution >= 4 is 129 Å². The average molecular weight is 994 g/mol. The van der Waals surface area contributed by atoms with Crippen LogP contribution in [0.4, 0.5) is 5.69 Å². The molecule has 0 fully saturated rings. The predicted molar refractivity (Wildman–Crippen MR) is 285 cm³/mol. The Morgan fingerprint density at radius 2 is 0.859 bits per heavy atom. The summed E-state index contributed by atoms with van der Waals surface area (Å²) in [6.45, 7) is 6.38. The molecule has 0 saturated heterocycles. The second-order valence-electron chi connectivity index (χ2n) is 14.0. The molecule has 5 aromatic carbocycles. The van der Waals surface area contributed by atoms with Crippen molar-refractivity contribution in [3.8, 4) is 0 Å². The molecule has 10 nitrogen and oxygen atoms in total. The van der Waals surface area contributed by atoms with Gasteiger partial charge in [0.15, 0.2) is 0 Å². The van der Waals surface area contributed by atoms with Gasteiger partial charge in [-0.3, -0.25) is 14.4 Å². The summed E-state index contributed by atoms with van der Waals surface area (Å²) in [5.41, 5.74) is 3.71. The smallest absolute Gasteiger partial charge is 0.241 e. The molecule has 64 heavy (non-hydrogen) atoms. The van der Waals surface area contributed by atoms with Crippen LogP contribution >= 0.6 is 71.9 Å². The molecule has 0 spiro atoms. The monoisotopic (exact) mass is 993 g/mol. The van der Waals surface area contributed by atoms with Crippen molar-refractivity contribution in [2.24, 2.45) is 0 Å². The third kappa shape index (κ3) is 17.0. The number of thiocarbonyl (C=S) groups is 3. The van der Waals surface area contributed by atoms with Gasteiger partial charge in [0.1, 0.15) is 0 Å². The molecule has 0 radical (unpaired) electrons. The van der Waals surface area contributed by atoms with Crippen LogP contribution in [0.25, 0.3) is 10.8 Å². The van der Waals surface area contributed by atoms with Crippen molar-refractivity contribution in [2.75, 3.05) is 45.2 Å². The second kappa shape index (κ2) is 27.3. The summed E-state index contributed by atoms with van der Waals surface area (Å²) in [4.78, 5) is 39.1. The van der Waals surface area contributed by atoms with Crippen LogP contribution in [0.15, 0.2) is 132 Å². The van der Waals surface area contributed by atoms with Gasteiger partial charge in [0, 0.05) is 56.7 Å². The van der Waals surface area contributed by atoms with E-state index in [2.05, 4.69) is 20.7 Å². The summed E-state index contributed by atoms with van der Waals surface area (Å²) in [5.74, 6) is -0.418. The minimum absolute atomic E-state index is 0. The Bertz CT molecular complexity index is 2390. The van der Waals surface area contributed by atoms with E-state index in [1.807, 2.05) is 142 Å². The van der Waals surface area contributed by atoms with E-state index in [1.54, 1.807) is 25.1 Å². The van der Waals surface area contributed by atoms with Crippen molar-refractivity contribution in [3.63, 3.8) is 0 Å². The third-order valence-electron chi connectivity index (χ3n) is 9.06. The normalized spacial score (nSPS) is 12.2. The molecule has 0 aliphatic carbocycles. The molecule has 5 rings (SSSR count). The summed E-state index contributed by atoms with van der Waals surface area (Å²) in [6.07, 6.45) is 0. The Morgan fingerprint density at radius 1 is 0.516 bits per heavy atom. The van der Waals surface area contributed by atoms with Gasteiger partial charge in [0.25, 0.3) is 0 Å². The number of sulfonamides is 1. The molecule has 0 saturated carbocycles. The lowest BCUT2D eigenvalue weighted by Gasteiger charge is -2.17. The number of benzene rings is 5. The minimum atomic E-state index is -3.75. The topological polar surface area (TPSA) is 137 Å². The molecule has 5 aromatic rings. The quantitative estimate of drug-likeness (QED) is 0.0495. The lowest BCUT2D eigenvalue weighted by atomic mass is 10.1. The Labute approximate surface area is 407 Å². The van der Waals surface area contributed by atoms with Gasteiger partial charge in [-0.1, -0.05) is 159 Å². The summed E-state index contributed by atoms with van der Waals surface area (Å²) in [5, 5.41) is 8.93. The Hall–Kier alpha value is -4.20. The van der Waals surface area contributed by atoms with Gasteiger partial charge in [-0.05, 0) is 49.6 Å². The van der Waals surface area contributed by atoms with Crippen LogP contribution in [0.2, 0.25) is 0 Å². The molecule has 17 heteroatoms. The number of anilines is 1. The fraction of sp³-hybridized carbons (Fsp3) is 0.277. The maximum Gasteiger partial charge on any atom is 0.241 e. The summed E-state index contributed by atoms with van der Waals surface area (Å²) in [6, 6.07) is 39.6. The Kier molecular flexibility index (Phi) is 23.1. The van der Waals surface area contributed by atoms with Crippen molar-refractivity contribution in [2.45, 2.75) is 48.8 Å². The lowest BCUT2D eigenvalue weighted by molar-refractivity contribution is -0.122. The molecular formula is C47H55N5O5S7. The highest BCUT2D eigenvalue weighted by atomic mass is 32.2. The fourth-order valence-electron chi connectivity index (χ4n) is 5.71. The van der Waals surface area contributed by atoms with E-state index < -0.39 is 15.3 Å². The first-order chi connectivity index (χ1) is 30.1. The highest BCUT2D eigenvalue weighted by molar-refractivity contribution is 8.25. The zero-order chi connectivity index (χ0) is 45.9.